The summed E-state index contributed by atoms with van der Waals surface area (Å²) in [7, 11) is 1.94. The Morgan fingerprint density at radius 3 is 2.60 bits per heavy atom. The Morgan fingerprint density at radius 2 is 1.95 bits per heavy atom. The van der Waals surface area contributed by atoms with Gasteiger partial charge in [-0.3, -0.25) is 4.79 Å². The minimum atomic E-state index is 0.206. The largest absolute Gasteiger partial charge is 0.398 e. The maximum absolute atomic E-state index is 12.3. The molecule has 1 aliphatic rings. The normalized spacial score (nSPS) is 22.5. The van der Waals surface area contributed by atoms with Crippen LogP contribution in [0, 0.1) is 5.92 Å². The quantitative estimate of drug-likeness (QED) is 0.683. The average Bonchev–Trinajstić information content (AvgIpc) is 2.46. The van der Waals surface area contributed by atoms with Gasteiger partial charge in [0, 0.05) is 23.7 Å². The maximum atomic E-state index is 12.3. The molecule has 110 valence electrons. The van der Waals surface area contributed by atoms with Gasteiger partial charge in [0.15, 0.2) is 0 Å². The summed E-state index contributed by atoms with van der Waals surface area (Å²) >= 11 is 1.53. The van der Waals surface area contributed by atoms with Crippen molar-refractivity contribution in [3.8, 4) is 0 Å². The minimum absolute atomic E-state index is 0.206. The fourth-order valence-electron chi connectivity index (χ4n) is 2.69. The summed E-state index contributed by atoms with van der Waals surface area (Å²) in [5.74, 6) is 1.49. The van der Waals surface area contributed by atoms with Crippen LogP contribution < -0.4 is 5.73 Å². The molecule has 1 saturated carbocycles. The summed E-state index contributed by atoms with van der Waals surface area (Å²) < 4.78 is 0. The van der Waals surface area contributed by atoms with Crippen LogP contribution in [0.2, 0.25) is 0 Å². The molecule has 1 aromatic rings. The Hall–Kier alpha value is -1.16. The summed E-state index contributed by atoms with van der Waals surface area (Å²) in [6, 6.07) is 8.13. The smallest absolute Gasteiger partial charge is 0.232 e. The first kappa shape index (κ1) is 15.2. The zero-order valence-electron chi connectivity index (χ0n) is 12.3. The number of benzene rings is 1. The van der Waals surface area contributed by atoms with Gasteiger partial charge in [0.1, 0.15) is 0 Å². The van der Waals surface area contributed by atoms with Gasteiger partial charge in [0.25, 0.3) is 0 Å². The molecule has 2 rings (SSSR count). The first-order valence-electron chi connectivity index (χ1n) is 7.31. The van der Waals surface area contributed by atoms with Crippen molar-refractivity contribution in [1.82, 2.24) is 4.90 Å². The van der Waals surface area contributed by atoms with E-state index in [0.29, 0.717) is 11.8 Å². The van der Waals surface area contributed by atoms with E-state index in [1.54, 1.807) is 0 Å². The number of nitrogen functional groups attached to an aromatic ring is 1. The molecule has 0 aromatic heterocycles. The van der Waals surface area contributed by atoms with Gasteiger partial charge < -0.3 is 10.6 Å². The molecular weight excluding hydrogens is 268 g/mol. The van der Waals surface area contributed by atoms with Gasteiger partial charge in [-0.1, -0.05) is 19.1 Å². The predicted octanol–water partition coefficient (Wildman–Crippen LogP) is 3.40. The zero-order chi connectivity index (χ0) is 14.5. The molecule has 0 unspecified atom stereocenters. The SMILES string of the molecule is CC1CCC(N(C)C(=O)CSc2ccccc2N)CC1. The van der Waals surface area contributed by atoms with E-state index in [1.165, 1.54) is 24.6 Å². The molecule has 3 nitrogen and oxygen atoms in total. The number of amides is 1. The van der Waals surface area contributed by atoms with Gasteiger partial charge in [-0.2, -0.15) is 0 Å². The lowest BCUT2D eigenvalue weighted by Gasteiger charge is -2.33. The second kappa shape index (κ2) is 7.02. The van der Waals surface area contributed by atoms with Gasteiger partial charge in [0.05, 0.1) is 5.75 Å². The van der Waals surface area contributed by atoms with E-state index in [-0.39, 0.29) is 5.91 Å². The molecule has 1 aromatic carbocycles. The average molecular weight is 292 g/mol. The lowest BCUT2D eigenvalue weighted by Crippen LogP contribution is -2.40. The Morgan fingerprint density at radius 1 is 1.30 bits per heavy atom. The molecule has 2 N–H and O–H groups in total. The van der Waals surface area contributed by atoms with Gasteiger partial charge in [-0.15, -0.1) is 11.8 Å². The van der Waals surface area contributed by atoms with Crippen molar-refractivity contribution in [3.05, 3.63) is 24.3 Å². The lowest BCUT2D eigenvalue weighted by atomic mass is 9.87. The Balaban J connectivity index is 1.84. The van der Waals surface area contributed by atoms with Gasteiger partial charge in [-0.25, -0.2) is 0 Å². The molecule has 0 spiro atoms. The van der Waals surface area contributed by atoms with Crippen molar-refractivity contribution in [2.75, 3.05) is 18.5 Å². The fraction of sp³-hybridized carbons (Fsp3) is 0.562. The van der Waals surface area contributed by atoms with E-state index in [1.807, 2.05) is 36.2 Å². The third-order valence-electron chi connectivity index (χ3n) is 4.20. The molecule has 0 saturated heterocycles. The highest BCUT2D eigenvalue weighted by Gasteiger charge is 2.24. The molecule has 1 amide bonds. The second-order valence-corrected chi connectivity index (χ2v) is 6.76. The van der Waals surface area contributed by atoms with Crippen molar-refractivity contribution in [2.24, 2.45) is 5.92 Å². The Kier molecular flexibility index (Phi) is 5.35. The monoisotopic (exact) mass is 292 g/mol. The summed E-state index contributed by atoms with van der Waals surface area (Å²) in [4.78, 5) is 15.2. The van der Waals surface area contributed by atoms with Crippen LogP contribution in [0.1, 0.15) is 32.6 Å². The van der Waals surface area contributed by atoms with Gasteiger partial charge in [-0.05, 0) is 43.7 Å². The van der Waals surface area contributed by atoms with Crippen LogP contribution in [0.25, 0.3) is 0 Å². The molecule has 0 atom stereocenters. The summed E-state index contributed by atoms with van der Waals surface area (Å²) in [5, 5.41) is 0. The van der Waals surface area contributed by atoms with Gasteiger partial charge in [0.2, 0.25) is 5.91 Å². The number of carbonyl (C=O) groups is 1. The molecular formula is C16H24N2OS. The highest BCUT2D eigenvalue weighted by Crippen LogP contribution is 2.28. The van der Waals surface area contributed by atoms with E-state index in [2.05, 4.69) is 6.92 Å². The molecule has 1 fully saturated rings. The maximum Gasteiger partial charge on any atom is 0.232 e. The standard InChI is InChI=1S/C16H24N2OS/c1-12-7-9-13(10-8-12)18(2)16(19)11-20-15-6-4-3-5-14(15)17/h3-6,12-13H,7-11,17H2,1-2H3. The lowest BCUT2D eigenvalue weighted by molar-refractivity contribution is -0.129. The number of hydrogen-bond acceptors (Lipinski definition) is 3. The van der Waals surface area contributed by atoms with E-state index in [4.69, 9.17) is 5.73 Å². The molecule has 1 aliphatic carbocycles. The number of rotatable bonds is 4. The first-order valence-corrected chi connectivity index (χ1v) is 8.29. The van der Waals surface area contributed by atoms with E-state index in [9.17, 15) is 4.79 Å². The topological polar surface area (TPSA) is 46.3 Å². The number of para-hydroxylation sites is 1. The molecule has 0 aliphatic heterocycles. The van der Waals surface area contributed by atoms with Crippen molar-refractivity contribution < 1.29 is 4.79 Å². The van der Waals surface area contributed by atoms with Crippen molar-refractivity contribution in [2.45, 2.75) is 43.5 Å². The van der Waals surface area contributed by atoms with Crippen LogP contribution in [-0.2, 0) is 4.79 Å². The number of nitrogens with zero attached hydrogens (tertiary/aromatic N) is 1. The molecule has 0 bridgehead atoms. The van der Waals surface area contributed by atoms with Crippen LogP contribution in [0.15, 0.2) is 29.2 Å². The van der Waals surface area contributed by atoms with Gasteiger partial charge >= 0.3 is 0 Å². The zero-order valence-corrected chi connectivity index (χ0v) is 13.2. The van der Waals surface area contributed by atoms with Crippen LogP contribution in [0.5, 0.6) is 0 Å². The van der Waals surface area contributed by atoms with E-state index in [0.717, 1.165) is 29.3 Å². The van der Waals surface area contributed by atoms with Crippen molar-refractivity contribution in [3.63, 3.8) is 0 Å². The number of carbonyl (C=O) groups excluding carboxylic acids is 1. The predicted molar refractivity (Wildman–Crippen MR) is 85.8 cm³/mol. The number of thioether (sulfide) groups is 1. The molecule has 0 heterocycles. The summed E-state index contributed by atoms with van der Waals surface area (Å²) in [6.07, 6.45) is 4.76. The Bertz CT molecular complexity index is 456. The molecule has 20 heavy (non-hydrogen) atoms. The van der Waals surface area contributed by atoms with Crippen LogP contribution in [-0.4, -0.2) is 29.6 Å². The van der Waals surface area contributed by atoms with Crippen LogP contribution in [0.3, 0.4) is 0 Å². The Labute approximate surface area is 125 Å². The van der Waals surface area contributed by atoms with Crippen LogP contribution in [0.4, 0.5) is 5.69 Å². The molecule has 4 heteroatoms. The minimum Gasteiger partial charge on any atom is -0.398 e. The fourth-order valence-corrected chi connectivity index (χ4v) is 3.58. The van der Waals surface area contributed by atoms with E-state index < -0.39 is 0 Å². The first-order chi connectivity index (χ1) is 9.58. The molecule has 0 radical (unpaired) electrons. The third-order valence-corrected chi connectivity index (χ3v) is 5.27. The van der Waals surface area contributed by atoms with E-state index >= 15 is 0 Å². The second-order valence-electron chi connectivity index (χ2n) is 5.74. The highest BCUT2D eigenvalue weighted by molar-refractivity contribution is 8.00. The van der Waals surface area contributed by atoms with Crippen LogP contribution >= 0.6 is 11.8 Å². The summed E-state index contributed by atoms with van der Waals surface area (Å²) in [6.45, 7) is 2.30. The highest BCUT2D eigenvalue weighted by atomic mass is 32.2. The number of hydrogen-bond donors (Lipinski definition) is 1. The number of nitrogens with two attached hydrogens (primary N) is 1. The number of anilines is 1. The third kappa shape index (κ3) is 3.92. The summed E-state index contributed by atoms with van der Waals surface area (Å²) in [5.41, 5.74) is 6.64. The van der Waals surface area contributed by atoms with Crippen molar-refractivity contribution >= 4 is 23.4 Å². The van der Waals surface area contributed by atoms with Crippen molar-refractivity contribution in [1.29, 1.82) is 0 Å².